The maximum Gasteiger partial charge on any atom is 0.221 e. The van der Waals surface area contributed by atoms with Gasteiger partial charge >= 0.3 is 0 Å². The maximum atomic E-state index is 13.3. The lowest BCUT2D eigenvalue weighted by Gasteiger charge is -2.28. The van der Waals surface area contributed by atoms with E-state index in [0.29, 0.717) is 18.3 Å². The molecule has 2 aromatic carbocycles. The van der Waals surface area contributed by atoms with E-state index in [2.05, 4.69) is 17.6 Å². The summed E-state index contributed by atoms with van der Waals surface area (Å²) < 4.78 is 26.6. The fourth-order valence-corrected chi connectivity index (χ4v) is 3.76. The number of halogens is 2. The molecule has 0 aromatic heterocycles. The fourth-order valence-electron chi connectivity index (χ4n) is 3.76. The molecule has 3 nitrogen and oxygen atoms in total. The molecule has 1 unspecified atom stereocenters. The van der Waals surface area contributed by atoms with E-state index >= 15 is 0 Å². The fraction of sp³-hybridized carbons (Fsp3) is 0.409. The first kappa shape index (κ1) is 19.5. The summed E-state index contributed by atoms with van der Waals surface area (Å²) in [6.45, 7) is 4.13. The van der Waals surface area contributed by atoms with Gasteiger partial charge in [-0.05, 0) is 73.2 Å². The Balaban J connectivity index is 1.73. The molecule has 2 aromatic rings. The molecule has 0 radical (unpaired) electrons. The van der Waals surface area contributed by atoms with Crippen LogP contribution in [0.15, 0.2) is 48.5 Å². The molecule has 1 aliphatic heterocycles. The summed E-state index contributed by atoms with van der Waals surface area (Å²) in [6, 6.07) is 11.7. The van der Waals surface area contributed by atoms with Crippen LogP contribution in [-0.4, -0.2) is 19.0 Å². The molecule has 0 saturated carbocycles. The van der Waals surface area contributed by atoms with E-state index in [4.69, 9.17) is 0 Å². The van der Waals surface area contributed by atoms with E-state index < -0.39 is 6.04 Å². The number of benzene rings is 2. The number of carbonyl (C=O) groups is 1. The van der Waals surface area contributed by atoms with E-state index in [1.807, 2.05) is 0 Å². The van der Waals surface area contributed by atoms with Gasteiger partial charge in [0.2, 0.25) is 5.91 Å². The third-order valence-corrected chi connectivity index (χ3v) is 5.41. The Hall–Kier alpha value is -2.27. The molecule has 3 rings (SSSR count). The number of hydrogen-bond acceptors (Lipinski definition) is 2. The quantitative estimate of drug-likeness (QED) is 0.798. The van der Waals surface area contributed by atoms with Gasteiger partial charge in [-0.2, -0.15) is 0 Å². The predicted molar refractivity (Wildman–Crippen MR) is 102 cm³/mol. The van der Waals surface area contributed by atoms with Crippen molar-refractivity contribution in [2.45, 2.75) is 32.2 Å². The summed E-state index contributed by atoms with van der Waals surface area (Å²) in [5.74, 6) is 0.144. The summed E-state index contributed by atoms with van der Waals surface area (Å²) in [4.78, 5) is 12.7. The van der Waals surface area contributed by atoms with Gasteiger partial charge in [0.1, 0.15) is 11.6 Å². The highest BCUT2D eigenvalue weighted by Gasteiger charge is 2.24. The molecule has 1 amide bonds. The first-order valence-corrected chi connectivity index (χ1v) is 9.54. The van der Waals surface area contributed by atoms with Crippen molar-refractivity contribution in [2.75, 3.05) is 13.1 Å². The lowest BCUT2D eigenvalue weighted by Crippen LogP contribution is -2.35. The minimum absolute atomic E-state index is 0.0420. The van der Waals surface area contributed by atoms with Crippen molar-refractivity contribution < 1.29 is 13.6 Å². The third-order valence-electron chi connectivity index (χ3n) is 5.41. The van der Waals surface area contributed by atoms with E-state index in [-0.39, 0.29) is 17.5 Å². The summed E-state index contributed by atoms with van der Waals surface area (Å²) in [6.07, 6.45) is 2.63. The highest BCUT2D eigenvalue weighted by atomic mass is 19.1. The van der Waals surface area contributed by atoms with Gasteiger partial charge in [-0.25, -0.2) is 8.78 Å². The zero-order valence-corrected chi connectivity index (χ0v) is 15.6. The molecule has 5 heteroatoms. The summed E-state index contributed by atoms with van der Waals surface area (Å²) in [7, 11) is 0. The predicted octanol–water partition coefficient (Wildman–Crippen LogP) is 4.20. The summed E-state index contributed by atoms with van der Waals surface area (Å²) in [5.41, 5.74) is 1.54. The second-order valence-corrected chi connectivity index (χ2v) is 7.37. The molecule has 1 heterocycles. The van der Waals surface area contributed by atoms with Crippen LogP contribution in [0.5, 0.6) is 0 Å². The molecular formula is C22H26F2N2O. The van der Waals surface area contributed by atoms with Crippen molar-refractivity contribution >= 4 is 5.91 Å². The van der Waals surface area contributed by atoms with E-state index in [0.717, 1.165) is 37.1 Å². The molecule has 0 bridgehead atoms. The van der Waals surface area contributed by atoms with E-state index in [1.165, 1.54) is 24.3 Å². The van der Waals surface area contributed by atoms with Crippen molar-refractivity contribution in [3.63, 3.8) is 0 Å². The van der Waals surface area contributed by atoms with Gasteiger partial charge in [0.25, 0.3) is 0 Å². The van der Waals surface area contributed by atoms with Crippen LogP contribution in [0.25, 0.3) is 0 Å². The van der Waals surface area contributed by atoms with Crippen molar-refractivity contribution in [1.29, 1.82) is 0 Å². The summed E-state index contributed by atoms with van der Waals surface area (Å²) >= 11 is 0. The normalized spacial score (nSPS) is 16.3. The Morgan fingerprint density at radius 1 is 1.00 bits per heavy atom. The zero-order chi connectivity index (χ0) is 19.2. The standard InChI is InChI=1S/C22H26F2N2O/c1-15(16-10-12-25-13-11-16)14-21(27)26-22(17-2-6-19(23)7-3-17)18-4-8-20(24)9-5-18/h2-9,15-16,22,25H,10-14H2,1H3,(H,26,27). The second-order valence-electron chi connectivity index (χ2n) is 7.37. The largest absolute Gasteiger partial charge is 0.345 e. The molecule has 0 aliphatic carbocycles. The minimum atomic E-state index is -0.432. The van der Waals surface area contributed by atoms with Gasteiger partial charge in [0.15, 0.2) is 0 Å². The SMILES string of the molecule is CC(CC(=O)NC(c1ccc(F)cc1)c1ccc(F)cc1)C1CCNCC1. The monoisotopic (exact) mass is 372 g/mol. The van der Waals surface area contributed by atoms with Gasteiger partial charge in [-0.1, -0.05) is 31.2 Å². The minimum Gasteiger partial charge on any atom is -0.345 e. The number of hydrogen-bond donors (Lipinski definition) is 2. The van der Waals surface area contributed by atoms with Crippen LogP contribution in [0, 0.1) is 23.5 Å². The number of piperidine rings is 1. The van der Waals surface area contributed by atoms with Crippen molar-refractivity contribution in [2.24, 2.45) is 11.8 Å². The first-order valence-electron chi connectivity index (χ1n) is 9.54. The highest BCUT2D eigenvalue weighted by Crippen LogP contribution is 2.26. The lowest BCUT2D eigenvalue weighted by atomic mass is 9.84. The zero-order valence-electron chi connectivity index (χ0n) is 15.6. The van der Waals surface area contributed by atoms with Crippen LogP contribution in [-0.2, 0) is 4.79 Å². The number of nitrogens with one attached hydrogen (secondary N) is 2. The Labute approximate surface area is 159 Å². The van der Waals surface area contributed by atoms with Crippen LogP contribution in [0.4, 0.5) is 8.78 Å². The Morgan fingerprint density at radius 3 is 1.96 bits per heavy atom. The third kappa shape index (κ3) is 5.36. The van der Waals surface area contributed by atoms with Crippen LogP contribution in [0.2, 0.25) is 0 Å². The molecule has 1 aliphatic rings. The van der Waals surface area contributed by atoms with E-state index in [9.17, 15) is 13.6 Å². The molecule has 2 N–H and O–H groups in total. The second kappa shape index (κ2) is 9.09. The highest BCUT2D eigenvalue weighted by molar-refractivity contribution is 5.77. The molecule has 144 valence electrons. The molecular weight excluding hydrogens is 346 g/mol. The van der Waals surface area contributed by atoms with Gasteiger partial charge in [-0.3, -0.25) is 4.79 Å². The van der Waals surface area contributed by atoms with Crippen LogP contribution >= 0.6 is 0 Å². The maximum absolute atomic E-state index is 13.3. The number of amides is 1. The van der Waals surface area contributed by atoms with Crippen molar-refractivity contribution in [3.05, 3.63) is 71.3 Å². The number of rotatable bonds is 6. The smallest absolute Gasteiger partial charge is 0.221 e. The van der Waals surface area contributed by atoms with E-state index in [1.54, 1.807) is 24.3 Å². The average molecular weight is 372 g/mol. The van der Waals surface area contributed by atoms with Gasteiger partial charge in [0.05, 0.1) is 6.04 Å². The van der Waals surface area contributed by atoms with Crippen molar-refractivity contribution in [3.8, 4) is 0 Å². The molecule has 0 spiro atoms. The first-order chi connectivity index (χ1) is 13.0. The van der Waals surface area contributed by atoms with Gasteiger partial charge < -0.3 is 10.6 Å². The van der Waals surface area contributed by atoms with Gasteiger partial charge in [0, 0.05) is 6.42 Å². The van der Waals surface area contributed by atoms with Gasteiger partial charge in [-0.15, -0.1) is 0 Å². The Kier molecular flexibility index (Phi) is 6.56. The lowest BCUT2D eigenvalue weighted by molar-refractivity contribution is -0.122. The summed E-state index contributed by atoms with van der Waals surface area (Å²) in [5, 5.41) is 6.40. The average Bonchev–Trinajstić information content (AvgIpc) is 2.68. The molecule has 1 fully saturated rings. The Morgan fingerprint density at radius 2 is 1.48 bits per heavy atom. The van der Waals surface area contributed by atoms with Crippen LogP contribution in [0.1, 0.15) is 43.4 Å². The molecule has 27 heavy (non-hydrogen) atoms. The molecule has 1 saturated heterocycles. The number of carbonyl (C=O) groups excluding carboxylic acids is 1. The van der Waals surface area contributed by atoms with Crippen molar-refractivity contribution in [1.82, 2.24) is 10.6 Å². The van der Waals surface area contributed by atoms with Crippen LogP contribution < -0.4 is 10.6 Å². The topological polar surface area (TPSA) is 41.1 Å². The molecule has 1 atom stereocenters. The van der Waals surface area contributed by atoms with Crippen LogP contribution in [0.3, 0.4) is 0 Å². The Bertz CT molecular complexity index is 694.